The molecule has 0 aliphatic rings. The molecule has 7 nitrogen and oxygen atoms in total. The van der Waals surface area contributed by atoms with Crippen LogP contribution >= 0.6 is 11.6 Å². The third-order valence-corrected chi connectivity index (χ3v) is 4.27. The summed E-state index contributed by atoms with van der Waals surface area (Å²) in [7, 11) is 1.52. The monoisotopic (exact) mass is 364 g/mol. The molecule has 1 aromatic heterocycles. The van der Waals surface area contributed by atoms with Crippen LogP contribution in [-0.4, -0.2) is 28.2 Å². The Morgan fingerprint density at radius 3 is 2.64 bits per heavy atom. The third-order valence-electron chi connectivity index (χ3n) is 3.98. The van der Waals surface area contributed by atoms with Crippen molar-refractivity contribution in [3.8, 4) is 17.1 Å². The van der Waals surface area contributed by atoms with Crippen molar-refractivity contribution in [1.29, 1.82) is 0 Å². The molecule has 1 aromatic carbocycles. The first-order chi connectivity index (χ1) is 11.9. The number of benzene rings is 1. The lowest BCUT2D eigenvalue weighted by molar-refractivity contribution is -0.125. The van der Waals surface area contributed by atoms with Gasteiger partial charge in [0.05, 0.1) is 18.2 Å². The summed E-state index contributed by atoms with van der Waals surface area (Å²) in [5.41, 5.74) is 0.354. The second-order valence-electron chi connectivity index (χ2n) is 5.78. The molecule has 25 heavy (non-hydrogen) atoms. The molecule has 0 spiro atoms. The van der Waals surface area contributed by atoms with Gasteiger partial charge in [0.2, 0.25) is 5.91 Å². The highest BCUT2D eigenvalue weighted by atomic mass is 35.5. The molecule has 0 aliphatic carbocycles. The fourth-order valence-corrected chi connectivity index (χ4v) is 2.44. The van der Waals surface area contributed by atoms with E-state index in [4.69, 9.17) is 16.3 Å². The van der Waals surface area contributed by atoms with Gasteiger partial charge in [-0.05, 0) is 31.5 Å². The van der Waals surface area contributed by atoms with Gasteiger partial charge in [-0.3, -0.25) is 9.59 Å². The summed E-state index contributed by atoms with van der Waals surface area (Å²) in [6.45, 7) is 5.45. The Hall–Kier alpha value is -2.41. The normalized spacial score (nSPS) is 13.2. The van der Waals surface area contributed by atoms with Gasteiger partial charge in [0.25, 0.3) is 5.56 Å². The van der Waals surface area contributed by atoms with Crippen molar-refractivity contribution in [2.75, 3.05) is 7.11 Å². The van der Waals surface area contributed by atoms with E-state index in [2.05, 4.69) is 20.5 Å². The lowest BCUT2D eigenvalue weighted by Crippen LogP contribution is -2.35. The molecule has 1 amide bonds. The van der Waals surface area contributed by atoms with Crippen LogP contribution in [0.5, 0.6) is 5.75 Å². The van der Waals surface area contributed by atoms with Gasteiger partial charge >= 0.3 is 0 Å². The number of H-pyrrole nitrogens is 1. The Balaban J connectivity index is 2.24. The van der Waals surface area contributed by atoms with E-state index < -0.39 is 11.6 Å². The van der Waals surface area contributed by atoms with E-state index in [0.717, 1.165) is 6.42 Å². The minimum Gasteiger partial charge on any atom is -0.495 e. The number of aromatic nitrogens is 3. The van der Waals surface area contributed by atoms with E-state index in [1.54, 1.807) is 25.1 Å². The fraction of sp³-hybridized carbons (Fsp3) is 0.412. The highest BCUT2D eigenvalue weighted by Gasteiger charge is 2.19. The van der Waals surface area contributed by atoms with Gasteiger partial charge in [-0.2, -0.15) is 0 Å². The largest absolute Gasteiger partial charge is 0.495 e. The molecular formula is C17H21ClN4O3. The van der Waals surface area contributed by atoms with Crippen LogP contribution in [0, 0.1) is 5.92 Å². The number of hydrogen-bond donors (Lipinski definition) is 2. The average Bonchev–Trinajstić information content (AvgIpc) is 2.60. The van der Waals surface area contributed by atoms with Gasteiger partial charge in [-0.15, -0.1) is 10.2 Å². The summed E-state index contributed by atoms with van der Waals surface area (Å²) in [6.07, 6.45) is 0.720. The minimum absolute atomic E-state index is 0.123. The van der Waals surface area contributed by atoms with Crippen LogP contribution in [0.4, 0.5) is 0 Å². The number of halogens is 1. The van der Waals surface area contributed by atoms with Crippen molar-refractivity contribution in [1.82, 2.24) is 20.5 Å². The maximum absolute atomic E-state index is 12.3. The summed E-state index contributed by atoms with van der Waals surface area (Å²) in [5.74, 6) is 0.565. The molecule has 2 unspecified atom stereocenters. The molecule has 2 N–H and O–H groups in total. The second-order valence-corrected chi connectivity index (χ2v) is 6.18. The summed E-state index contributed by atoms with van der Waals surface area (Å²) in [6, 6.07) is 4.50. The van der Waals surface area contributed by atoms with Crippen molar-refractivity contribution in [2.45, 2.75) is 33.2 Å². The fourth-order valence-electron chi connectivity index (χ4n) is 2.18. The average molecular weight is 365 g/mol. The van der Waals surface area contributed by atoms with Gasteiger partial charge in [0.15, 0.2) is 11.5 Å². The Morgan fingerprint density at radius 2 is 2.08 bits per heavy atom. The Bertz CT molecular complexity index is 822. The Morgan fingerprint density at radius 1 is 1.36 bits per heavy atom. The number of hydrogen-bond acceptors (Lipinski definition) is 5. The first kappa shape index (κ1) is 18.9. The predicted molar refractivity (Wildman–Crippen MR) is 95.7 cm³/mol. The van der Waals surface area contributed by atoms with Crippen LogP contribution in [0.15, 0.2) is 23.0 Å². The van der Waals surface area contributed by atoms with Crippen LogP contribution in [0.2, 0.25) is 5.02 Å². The topological polar surface area (TPSA) is 97.0 Å². The number of ether oxygens (including phenoxy) is 1. The highest BCUT2D eigenvalue weighted by molar-refractivity contribution is 6.32. The van der Waals surface area contributed by atoms with E-state index in [1.165, 1.54) is 7.11 Å². The van der Waals surface area contributed by atoms with E-state index in [1.807, 2.05) is 13.8 Å². The summed E-state index contributed by atoms with van der Waals surface area (Å²) < 4.78 is 5.10. The van der Waals surface area contributed by atoms with Crippen LogP contribution in [0.25, 0.3) is 11.4 Å². The van der Waals surface area contributed by atoms with Crippen molar-refractivity contribution in [2.24, 2.45) is 5.92 Å². The minimum atomic E-state index is -0.536. The van der Waals surface area contributed by atoms with Crippen molar-refractivity contribution >= 4 is 17.5 Å². The highest BCUT2D eigenvalue weighted by Crippen LogP contribution is 2.28. The zero-order chi connectivity index (χ0) is 18.6. The lowest BCUT2D eigenvalue weighted by Gasteiger charge is -2.15. The van der Waals surface area contributed by atoms with Crippen molar-refractivity contribution in [3.05, 3.63) is 39.3 Å². The molecule has 134 valence electrons. The zero-order valence-electron chi connectivity index (χ0n) is 14.6. The number of aromatic amines is 1. The maximum Gasteiger partial charge on any atom is 0.275 e. The molecule has 2 atom stereocenters. The van der Waals surface area contributed by atoms with Gasteiger partial charge in [-0.25, -0.2) is 0 Å². The third kappa shape index (κ3) is 4.36. The van der Waals surface area contributed by atoms with E-state index in [9.17, 15) is 9.59 Å². The first-order valence-electron chi connectivity index (χ1n) is 7.98. The molecule has 0 bridgehead atoms. The van der Waals surface area contributed by atoms with E-state index in [0.29, 0.717) is 22.2 Å². The number of nitrogens with one attached hydrogen (secondary N) is 2. The van der Waals surface area contributed by atoms with Crippen LogP contribution < -0.4 is 15.6 Å². The van der Waals surface area contributed by atoms with Crippen LogP contribution in [0.1, 0.15) is 38.9 Å². The Kier molecular flexibility index (Phi) is 6.14. The van der Waals surface area contributed by atoms with Gasteiger partial charge < -0.3 is 15.0 Å². The molecule has 0 radical (unpaired) electrons. The van der Waals surface area contributed by atoms with Crippen LogP contribution in [0.3, 0.4) is 0 Å². The van der Waals surface area contributed by atoms with Gasteiger partial charge in [0.1, 0.15) is 5.75 Å². The molecule has 0 fully saturated rings. The number of carbonyl (C=O) groups is 1. The molecule has 0 saturated carbocycles. The molecule has 8 heteroatoms. The molecule has 2 rings (SSSR count). The van der Waals surface area contributed by atoms with Crippen LogP contribution in [-0.2, 0) is 4.79 Å². The zero-order valence-corrected chi connectivity index (χ0v) is 15.3. The number of carbonyl (C=O) groups excluding carboxylic acids is 1. The second kappa shape index (κ2) is 8.11. The molecule has 0 aliphatic heterocycles. The van der Waals surface area contributed by atoms with E-state index >= 15 is 0 Å². The van der Waals surface area contributed by atoms with Gasteiger partial charge in [-0.1, -0.05) is 25.4 Å². The molecular weight excluding hydrogens is 344 g/mol. The molecule has 2 aromatic rings. The number of methoxy groups -OCH3 is 1. The number of rotatable bonds is 6. The number of nitrogens with zero attached hydrogens (tertiary/aromatic N) is 2. The predicted octanol–water partition coefficient (Wildman–Crippen LogP) is 2.72. The standard InChI is InChI=1S/C17H21ClN4O3/c1-5-9(2)16(23)19-10(3)14-17(24)20-15(22-21-14)11-6-7-13(25-4)12(18)8-11/h6-10H,5H2,1-4H3,(H,19,23)(H,20,22,24). The maximum atomic E-state index is 12.3. The summed E-state index contributed by atoms with van der Waals surface area (Å²) in [4.78, 5) is 26.9. The quantitative estimate of drug-likeness (QED) is 0.821. The molecule has 0 saturated heterocycles. The lowest BCUT2D eigenvalue weighted by atomic mass is 10.1. The Labute approximate surface area is 150 Å². The number of amides is 1. The first-order valence-corrected chi connectivity index (χ1v) is 8.36. The van der Waals surface area contributed by atoms with E-state index in [-0.39, 0.29) is 17.5 Å². The summed E-state index contributed by atoms with van der Waals surface area (Å²) in [5, 5.41) is 11.2. The summed E-state index contributed by atoms with van der Waals surface area (Å²) >= 11 is 6.09. The van der Waals surface area contributed by atoms with Crippen molar-refractivity contribution in [3.63, 3.8) is 0 Å². The smallest absolute Gasteiger partial charge is 0.275 e. The SMILES string of the molecule is CCC(C)C(=O)NC(C)c1nnc(-c2ccc(OC)c(Cl)c2)[nH]c1=O. The molecule has 1 heterocycles. The van der Waals surface area contributed by atoms with Gasteiger partial charge in [0, 0.05) is 11.5 Å². The van der Waals surface area contributed by atoms with Crippen molar-refractivity contribution < 1.29 is 9.53 Å².